The Bertz CT molecular complexity index is 1440. The van der Waals surface area contributed by atoms with E-state index in [0.29, 0.717) is 11.4 Å². The summed E-state index contributed by atoms with van der Waals surface area (Å²) in [5, 5.41) is 4.98. The van der Waals surface area contributed by atoms with Crippen molar-refractivity contribution in [3.05, 3.63) is 76.3 Å². The molecule has 3 N–H and O–H groups in total. The van der Waals surface area contributed by atoms with E-state index < -0.39 is 41.0 Å². The first kappa shape index (κ1) is 26.6. The maximum Gasteiger partial charge on any atom is 0.846 e. The Morgan fingerprint density at radius 1 is 1.16 bits per heavy atom. The number of benzene rings is 1. The van der Waals surface area contributed by atoms with Gasteiger partial charge >= 0.3 is 7.26 Å². The van der Waals surface area contributed by atoms with Gasteiger partial charge in [-0.25, -0.2) is 8.80 Å². The van der Waals surface area contributed by atoms with Gasteiger partial charge in [-0.2, -0.15) is 8.42 Å². The van der Waals surface area contributed by atoms with Crippen LogP contribution in [0.5, 0.6) is 0 Å². The lowest BCUT2D eigenvalue weighted by atomic mass is 9.96. The number of fused-ring (bicyclic) bond motifs is 2. The standard InChI is InChI=1S/C25H28BFN4O5S/c1-16-4-6-19(7-5-16)14-28-25(33)22(15-37(34,35)36)29-24(32)11-10-20-8-9-21-13-23-17(2)12-18(3)30(23)26(27)31(20)21/h4-9,12-13,22H,10-11,14-15H2,1-3H3,(H2-,28,29,32,33,34,35,36)/p+1. The summed E-state index contributed by atoms with van der Waals surface area (Å²) in [5.41, 5.74) is 5.65. The molecule has 1 aromatic heterocycles. The molecule has 2 aliphatic heterocycles. The first-order valence-corrected chi connectivity index (χ1v) is 13.5. The van der Waals surface area contributed by atoms with E-state index >= 15 is 4.32 Å². The smallest absolute Gasteiger partial charge is 0.350 e. The van der Waals surface area contributed by atoms with E-state index in [2.05, 4.69) is 10.6 Å². The van der Waals surface area contributed by atoms with Gasteiger partial charge in [0.1, 0.15) is 11.8 Å². The maximum absolute atomic E-state index is 15.5. The number of carbonyl (C=O) groups excluding carboxylic acids is 2. The molecule has 1 aromatic carbocycles. The van der Waals surface area contributed by atoms with Crippen LogP contribution in [-0.2, 0) is 26.3 Å². The van der Waals surface area contributed by atoms with Gasteiger partial charge in [-0.15, -0.1) is 0 Å². The second-order valence-electron chi connectivity index (χ2n) is 9.37. The summed E-state index contributed by atoms with van der Waals surface area (Å²) >= 11 is 0. The van der Waals surface area contributed by atoms with Gasteiger partial charge in [0.15, 0.2) is 11.4 Å². The molecule has 0 bridgehead atoms. The molecule has 0 saturated heterocycles. The number of carbonyl (C=O) groups is 2. The van der Waals surface area contributed by atoms with E-state index in [1.807, 2.05) is 57.2 Å². The molecule has 0 saturated carbocycles. The molecule has 0 fully saturated rings. The van der Waals surface area contributed by atoms with E-state index in [4.69, 9.17) is 0 Å². The van der Waals surface area contributed by atoms with Gasteiger partial charge in [0.2, 0.25) is 11.8 Å². The Hall–Kier alpha value is -3.51. The van der Waals surface area contributed by atoms with Crippen LogP contribution >= 0.6 is 0 Å². The quantitative estimate of drug-likeness (QED) is 0.341. The van der Waals surface area contributed by atoms with E-state index in [-0.39, 0.29) is 19.4 Å². The second kappa shape index (κ2) is 10.5. The molecule has 4 rings (SSSR count). The van der Waals surface area contributed by atoms with Crippen molar-refractivity contribution in [1.82, 2.24) is 15.1 Å². The van der Waals surface area contributed by atoms with E-state index in [0.717, 1.165) is 28.1 Å². The fraction of sp³-hybridized carbons (Fsp3) is 0.320. The Labute approximate surface area is 215 Å². The van der Waals surface area contributed by atoms with Gasteiger partial charge in [0.25, 0.3) is 10.1 Å². The number of rotatable bonds is 9. The average Bonchev–Trinajstić information content (AvgIpc) is 3.36. The molecule has 2 aliphatic rings. The van der Waals surface area contributed by atoms with Crippen LogP contribution in [-0.4, -0.2) is 58.5 Å². The van der Waals surface area contributed by atoms with Crippen molar-refractivity contribution in [2.75, 3.05) is 5.75 Å². The van der Waals surface area contributed by atoms with E-state index in [1.54, 1.807) is 16.6 Å². The van der Waals surface area contributed by atoms with Gasteiger partial charge in [-0.1, -0.05) is 29.8 Å². The van der Waals surface area contributed by atoms with Crippen molar-refractivity contribution in [3.8, 4) is 0 Å². The summed E-state index contributed by atoms with van der Waals surface area (Å²) in [6.45, 7) is 5.81. The van der Waals surface area contributed by atoms with E-state index in [1.165, 1.54) is 4.49 Å². The van der Waals surface area contributed by atoms with Crippen LogP contribution in [0.15, 0.2) is 48.2 Å². The van der Waals surface area contributed by atoms with Crippen LogP contribution in [0.4, 0.5) is 4.32 Å². The van der Waals surface area contributed by atoms with Gasteiger partial charge in [-0.3, -0.25) is 18.6 Å². The lowest BCUT2D eigenvalue weighted by molar-refractivity contribution is -0.335. The Morgan fingerprint density at radius 3 is 2.54 bits per heavy atom. The third-order valence-electron chi connectivity index (χ3n) is 6.44. The van der Waals surface area contributed by atoms with Crippen LogP contribution in [0, 0.1) is 20.8 Å². The average molecular weight is 527 g/mol. The summed E-state index contributed by atoms with van der Waals surface area (Å²) in [4.78, 5) is 25.3. The molecule has 1 unspecified atom stereocenters. The molecule has 0 spiro atoms. The van der Waals surface area contributed by atoms with Gasteiger partial charge in [0.05, 0.1) is 0 Å². The Morgan fingerprint density at radius 2 is 1.86 bits per heavy atom. The molecule has 37 heavy (non-hydrogen) atoms. The van der Waals surface area contributed by atoms with Crippen molar-refractivity contribution in [1.29, 1.82) is 0 Å². The van der Waals surface area contributed by atoms with E-state index in [9.17, 15) is 22.6 Å². The molecule has 3 heterocycles. The topological polar surface area (TPSA) is 121 Å². The molecule has 0 aliphatic carbocycles. The zero-order valence-corrected chi connectivity index (χ0v) is 21.7. The largest absolute Gasteiger partial charge is 0.846 e. The summed E-state index contributed by atoms with van der Waals surface area (Å²) in [6, 6.07) is 7.82. The van der Waals surface area contributed by atoms with Crippen molar-refractivity contribution in [2.45, 2.75) is 46.2 Å². The molecule has 2 amide bonds. The minimum Gasteiger partial charge on any atom is -0.350 e. The summed E-state index contributed by atoms with van der Waals surface area (Å²) < 4.78 is 50.8. The normalized spacial score (nSPS) is 15.3. The number of aromatic nitrogens is 1. The fourth-order valence-electron chi connectivity index (χ4n) is 4.57. The van der Waals surface area contributed by atoms with Gasteiger partial charge in [0, 0.05) is 49.0 Å². The van der Waals surface area contributed by atoms with Crippen molar-refractivity contribution in [2.24, 2.45) is 0 Å². The highest BCUT2D eigenvalue weighted by Crippen LogP contribution is 2.28. The first-order chi connectivity index (χ1) is 17.4. The second-order valence-corrected chi connectivity index (χ2v) is 10.9. The molecule has 12 heteroatoms. The molecule has 9 nitrogen and oxygen atoms in total. The number of halogens is 1. The Balaban J connectivity index is 1.41. The van der Waals surface area contributed by atoms with Crippen molar-refractivity contribution in [3.63, 3.8) is 0 Å². The highest BCUT2D eigenvalue weighted by molar-refractivity contribution is 7.85. The molecule has 194 valence electrons. The van der Waals surface area contributed by atoms with Crippen LogP contribution < -0.4 is 10.6 Å². The van der Waals surface area contributed by atoms with Gasteiger partial charge < -0.3 is 10.6 Å². The highest BCUT2D eigenvalue weighted by Gasteiger charge is 2.47. The third kappa shape index (κ3) is 6.08. The summed E-state index contributed by atoms with van der Waals surface area (Å²) in [6.07, 6.45) is 5.47. The zero-order valence-electron chi connectivity index (χ0n) is 20.9. The monoisotopic (exact) mass is 527 g/mol. The lowest BCUT2D eigenvalue weighted by Gasteiger charge is -2.17. The van der Waals surface area contributed by atoms with Crippen LogP contribution in [0.3, 0.4) is 0 Å². The molecular formula is C25H29BFN4O5S+. The number of hydrogen-bond acceptors (Lipinski definition) is 4. The van der Waals surface area contributed by atoms with Crippen LogP contribution in [0.25, 0.3) is 6.08 Å². The molecular weight excluding hydrogens is 498 g/mol. The minimum atomic E-state index is -4.55. The minimum absolute atomic E-state index is 0.111. The van der Waals surface area contributed by atoms with Crippen molar-refractivity contribution >= 4 is 41.0 Å². The number of nitrogens with one attached hydrogen (secondary N) is 2. The SMILES string of the molecule is Cc1ccc(CNC(=O)C(CS(=O)(=O)O)NC(=O)CCC2=[N+]3B(F)n4c(C)cc(C)c4C=C3C=C2)cc1. The number of aryl methyl sites for hydroxylation is 3. The fourth-order valence-corrected chi connectivity index (χ4v) is 5.22. The molecule has 1 atom stereocenters. The van der Waals surface area contributed by atoms with Crippen LogP contribution in [0.1, 0.15) is 40.9 Å². The predicted octanol–water partition coefficient (Wildman–Crippen LogP) is 2.06. The molecule has 0 radical (unpaired) electrons. The van der Waals surface area contributed by atoms with Crippen LogP contribution in [0.2, 0.25) is 0 Å². The maximum atomic E-state index is 15.5. The number of amides is 2. The van der Waals surface area contributed by atoms with Crippen molar-refractivity contribution < 1.29 is 31.4 Å². The molecule has 2 aromatic rings. The highest BCUT2D eigenvalue weighted by atomic mass is 32.2. The number of hydrogen-bond donors (Lipinski definition) is 3. The zero-order chi connectivity index (χ0) is 26.9. The number of nitrogens with zero attached hydrogens (tertiary/aromatic N) is 2. The number of allylic oxidation sites excluding steroid dienone is 2. The lowest BCUT2D eigenvalue weighted by Crippen LogP contribution is -2.50. The first-order valence-electron chi connectivity index (χ1n) is 11.9. The van der Waals surface area contributed by atoms with Gasteiger partial charge in [-0.05, 0) is 38.0 Å². The predicted molar refractivity (Wildman–Crippen MR) is 139 cm³/mol. The third-order valence-corrected chi connectivity index (χ3v) is 7.19. The Kier molecular flexibility index (Phi) is 7.51. The summed E-state index contributed by atoms with van der Waals surface area (Å²) in [5.74, 6) is -2.30. The summed E-state index contributed by atoms with van der Waals surface area (Å²) in [7, 11) is -6.01.